The zero-order chi connectivity index (χ0) is 18.9. The van der Waals surface area contributed by atoms with Gasteiger partial charge >= 0.3 is 0 Å². The topological polar surface area (TPSA) is 30.5 Å². The molecule has 0 aromatic heterocycles. The molecule has 0 spiro atoms. The van der Waals surface area contributed by atoms with Gasteiger partial charge in [0, 0.05) is 17.8 Å². The normalized spacial score (nSPS) is 10.3. The highest BCUT2D eigenvalue weighted by Crippen LogP contribution is 2.34. The quantitative estimate of drug-likeness (QED) is 0.503. The van der Waals surface area contributed by atoms with Crippen molar-refractivity contribution in [2.45, 2.75) is 19.6 Å². The molecule has 0 bridgehead atoms. The van der Waals surface area contributed by atoms with Gasteiger partial charge in [-0.25, -0.2) is 0 Å². The molecule has 0 heterocycles. The lowest BCUT2D eigenvalue weighted by Gasteiger charge is -2.17. The lowest BCUT2D eigenvalue weighted by Crippen LogP contribution is -2.05. The molecule has 0 saturated heterocycles. The number of hydrogen-bond acceptors (Lipinski definition) is 3. The van der Waals surface area contributed by atoms with Gasteiger partial charge in [0.2, 0.25) is 0 Å². The summed E-state index contributed by atoms with van der Waals surface area (Å²) in [4.78, 5) is 0. The molecular weight excluding hydrogens is 334 g/mol. The molecule has 3 aromatic carbocycles. The van der Waals surface area contributed by atoms with Crippen LogP contribution < -0.4 is 14.8 Å². The van der Waals surface area contributed by atoms with E-state index in [1.54, 1.807) is 7.11 Å². The highest BCUT2D eigenvalue weighted by atomic mass is 16.5. The maximum absolute atomic E-state index is 6.12. The van der Waals surface area contributed by atoms with Gasteiger partial charge in [-0.15, -0.1) is 6.58 Å². The van der Waals surface area contributed by atoms with E-state index in [-0.39, 0.29) is 0 Å². The molecule has 0 aliphatic rings. The van der Waals surface area contributed by atoms with Crippen LogP contribution in [0.5, 0.6) is 11.5 Å². The van der Waals surface area contributed by atoms with E-state index in [1.165, 1.54) is 0 Å². The standard InChI is InChI=1S/C24H25NO2/c1-3-10-21-15-20(17-25-22-13-8-5-9-14-22)16-23(26-2)24(21)27-18-19-11-6-4-7-12-19/h3-9,11-16,25H,1,10,17-18H2,2H3. The minimum atomic E-state index is 0.503. The van der Waals surface area contributed by atoms with Crippen LogP contribution in [0.4, 0.5) is 5.69 Å². The Morgan fingerprint density at radius 3 is 2.30 bits per heavy atom. The molecular formula is C24H25NO2. The van der Waals surface area contributed by atoms with E-state index >= 15 is 0 Å². The monoisotopic (exact) mass is 359 g/mol. The lowest BCUT2D eigenvalue weighted by atomic mass is 10.1. The summed E-state index contributed by atoms with van der Waals surface area (Å²) in [5.41, 5.74) is 4.43. The summed E-state index contributed by atoms with van der Waals surface area (Å²) < 4.78 is 11.7. The lowest BCUT2D eigenvalue weighted by molar-refractivity contribution is 0.281. The largest absolute Gasteiger partial charge is 0.493 e. The van der Waals surface area contributed by atoms with E-state index in [0.717, 1.165) is 40.3 Å². The Hall–Kier alpha value is -3.20. The second-order valence-electron chi connectivity index (χ2n) is 6.27. The SMILES string of the molecule is C=CCc1cc(CNc2ccccc2)cc(OC)c1OCc1ccccc1. The van der Waals surface area contributed by atoms with Crippen LogP contribution in [0.2, 0.25) is 0 Å². The molecule has 1 N–H and O–H groups in total. The number of rotatable bonds is 9. The van der Waals surface area contributed by atoms with Crippen molar-refractivity contribution >= 4 is 5.69 Å². The van der Waals surface area contributed by atoms with E-state index < -0.39 is 0 Å². The Kier molecular flexibility index (Phi) is 6.53. The minimum absolute atomic E-state index is 0.503. The molecule has 27 heavy (non-hydrogen) atoms. The van der Waals surface area contributed by atoms with Gasteiger partial charge in [0.25, 0.3) is 0 Å². The van der Waals surface area contributed by atoms with Crippen LogP contribution in [-0.2, 0) is 19.6 Å². The predicted molar refractivity (Wildman–Crippen MR) is 111 cm³/mol. The predicted octanol–water partition coefficient (Wildman–Crippen LogP) is 5.61. The molecule has 0 unspecified atom stereocenters. The number of ether oxygens (including phenoxy) is 2. The molecule has 3 aromatic rings. The van der Waals surface area contributed by atoms with Crippen molar-refractivity contribution in [3.63, 3.8) is 0 Å². The minimum Gasteiger partial charge on any atom is -0.493 e. The first-order chi connectivity index (χ1) is 13.3. The first kappa shape index (κ1) is 18.6. The van der Waals surface area contributed by atoms with Gasteiger partial charge < -0.3 is 14.8 Å². The van der Waals surface area contributed by atoms with Gasteiger partial charge in [-0.2, -0.15) is 0 Å². The summed E-state index contributed by atoms with van der Waals surface area (Å²) in [6.07, 6.45) is 2.61. The summed E-state index contributed by atoms with van der Waals surface area (Å²) >= 11 is 0. The number of para-hydroxylation sites is 1. The van der Waals surface area contributed by atoms with Crippen LogP contribution in [0, 0.1) is 0 Å². The Labute approximate surface area is 161 Å². The van der Waals surface area contributed by atoms with Gasteiger partial charge in [-0.1, -0.05) is 54.6 Å². The van der Waals surface area contributed by atoms with Crippen molar-refractivity contribution < 1.29 is 9.47 Å². The van der Waals surface area contributed by atoms with Crippen molar-refractivity contribution in [3.8, 4) is 11.5 Å². The zero-order valence-electron chi connectivity index (χ0n) is 15.7. The Bertz CT molecular complexity index is 860. The fourth-order valence-electron chi connectivity index (χ4n) is 2.94. The molecule has 0 amide bonds. The van der Waals surface area contributed by atoms with Crippen LogP contribution in [0.3, 0.4) is 0 Å². The van der Waals surface area contributed by atoms with Crippen LogP contribution >= 0.6 is 0 Å². The third-order valence-electron chi connectivity index (χ3n) is 4.27. The summed E-state index contributed by atoms with van der Waals surface area (Å²) in [5.74, 6) is 1.53. The first-order valence-corrected chi connectivity index (χ1v) is 9.06. The Morgan fingerprint density at radius 1 is 0.926 bits per heavy atom. The molecule has 0 atom stereocenters. The Morgan fingerprint density at radius 2 is 1.63 bits per heavy atom. The van der Waals surface area contributed by atoms with E-state index in [4.69, 9.17) is 9.47 Å². The maximum Gasteiger partial charge on any atom is 0.165 e. The molecule has 0 saturated carbocycles. The van der Waals surface area contributed by atoms with Crippen molar-refractivity contribution in [1.82, 2.24) is 0 Å². The molecule has 0 aliphatic carbocycles. The number of allylic oxidation sites excluding steroid dienone is 1. The maximum atomic E-state index is 6.12. The van der Waals surface area contributed by atoms with Gasteiger partial charge in [0.05, 0.1) is 7.11 Å². The third-order valence-corrected chi connectivity index (χ3v) is 4.27. The third kappa shape index (κ3) is 5.14. The number of hydrogen-bond donors (Lipinski definition) is 1. The molecule has 0 aliphatic heterocycles. The first-order valence-electron chi connectivity index (χ1n) is 9.06. The van der Waals surface area contributed by atoms with Gasteiger partial charge in [0.15, 0.2) is 11.5 Å². The van der Waals surface area contributed by atoms with Crippen molar-refractivity contribution in [3.05, 3.63) is 102 Å². The van der Waals surface area contributed by atoms with Gasteiger partial charge in [-0.05, 0) is 41.8 Å². The highest BCUT2D eigenvalue weighted by molar-refractivity contribution is 5.52. The Balaban J connectivity index is 1.80. The van der Waals surface area contributed by atoms with E-state index in [2.05, 4.69) is 42.2 Å². The second kappa shape index (κ2) is 9.48. The van der Waals surface area contributed by atoms with Crippen molar-refractivity contribution in [2.24, 2.45) is 0 Å². The zero-order valence-corrected chi connectivity index (χ0v) is 15.7. The van der Waals surface area contributed by atoms with Gasteiger partial charge in [-0.3, -0.25) is 0 Å². The van der Waals surface area contributed by atoms with Gasteiger partial charge in [0.1, 0.15) is 6.61 Å². The smallest absolute Gasteiger partial charge is 0.165 e. The van der Waals surface area contributed by atoms with Crippen LogP contribution in [-0.4, -0.2) is 7.11 Å². The van der Waals surface area contributed by atoms with Crippen LogP contribution in [0.25, 0.3) is 0 Å². The van der Waals surface area contributed by atoms with E-state index in [1.807, 2.05) is 48.5 Å². The number of nitrogens with one attached hydrogen (secondary N) is 1. The molecule has 0 fully saturated rings. The van der Waals surface area contributed by atoms with E-state index in [9.17, 15) is 0 Å². The summed E-state index contributed by atoms with van der Waals surface area (Å²) in [7, 11) is 1.68. The number of anilines is 1. The summed E-state index contributed by atoms with van der Waals surface area (Å²) in [6.45, 7) is 5.10. The highest BCUT2D eigenvalue weighted by Gasteiger charge is 2.13. The van der Waals surface area contributed by atoms with Crippen molar-refractivity contribution in [2.75, 3.05) is 12.4 Å². The summed E-state index contributed by atoms with van der Waals surface area (Å²) in [6, 6.07) is 24.5. The molecule has 3 rings (SSSR count). The number of benzene rings is 3. The molecule has 0 radical (unpaired) electrons. The molecule has 3 nitrogen and oxygen atoms in total. The fraction of sp³-hybridized carbons (Fsp3) is 0.167. The molecule has 3 heteroatoms. The number of methoxy groups -OCH3 is 1. The summed E-state index contributed by atoms with van der Waals surface area (Å²) in [5, 5.41) is 3.44. The van der Waals surface area contributed by atoms with Crippen LogP contribution in [0.1, 0.15) is 16.7 Å². The van der Waals surface area contributed by atoms with Crippen molar-refractivity contribution in [1.29, 1.82) is 0 Å². The molecule has 138 valence electrons. The second-order valence-corrected chi connectivity index (χ2v) is 6.27. The van der Waals surface area contributed by atoms with Crippen LogP contribution in [0.15, 0.2) is 85.5 Å². The van der Waals surface area contributed by atoms with E-state index in [0.29, 0.717) is 13.2 Å². The average molecular weight is 359 g/mol. The fourth-order valence-corrected chi connectivity index (χ4v) is 2.94. The average Bonchev–Trinajstić information content (AvgIpc) is 2.73.